The summed E-state index contributed by atoms with van der Waals surface area (Å²) in [5.74, 6) is 0. The summed E-state index contributed by atoms with van der Waals surface area (Å²) >= 11 is 0. The van der Waals surface area contributed by atoms with Gasteiger partial charge < -0.3 is 0 Å². The van der Waals surface area contributed by atoms with E-state index in [2.05, 4.69) is 30.7 Å². The Morgan fingerprint density at radius 1 is 1.14 bits per heavy atom. The Balaban J connectivity index is 0.000000750. The molecule has 0 amide bonds. The Kier molecular flexibility index (Phi) is 2.85. The Bertz CT molecular complexity index is 377. The molecule has 2 aliphatic carbocycles. The molecule has 0 radical (unpaired) electrons. The summed E-state index contributed by atoms with van der Waals surface area (Å²) in [4.78, 5) is 0. The zero-order valence-electron chi connectivity index (χ0n) is 8.22. The smallest absolute Gasteiger partial charge is 0.226 e. The summed E-state index contributed by atoms with van der Waals surface area (Å²) < 4.78 is 0. The summed E-state index contributed by atoms with van der Waals surface area (Å²) in [6, 6.07) is 8.85. The molecule has 0 atom stereocenters. The summed E-state index contributed by atoms with van der Waals surface area (Å²) in [6.07, 6.45) is 7.53. The van der Waals surface area contributed by atoms with Crippen molar-refractivity contribution in [3.8, 4) is 0 Å². The van der Waals surface area contributed by atoms with Crippen molar-refractivity contribution in [3.05, 3.63) is 47.4 Å². The second-order valence-corrected chi connectivity index (χ2v) is 3.93. The normalized spacial score (nSPS) is 18.0. The quantitative estimate of drug-likeness (QED) is 0.461. The van der Waals surface area contributed by atoms with Crippen LogP contribution >= 0.6 is 0 Å². The van der Waals surface area contributed by atoms with Crippen molar-refractivity contribution in [1.82, 2.24) is 0 Å². The van der Waals surface area contributed by atoms with E-state index in [1.807, 2.05) is 0 Å². The molecule has 0 fully saturated rings. The third-order valence-electron chi connectivity index (χ3n) is 3.13. The van der Waals surface area contributed by atoms with Crippen LogP contribution in [-0.4, -0.2) is 0 Å². The summed E-state index contributed by atoms with van der Waals surface area (Å²) in [7, 11) is 0. The molecule has 1 heteroatoms. The predicted octanol–water partition coefficient (Wildman–Crippen LogP) is 3.38. The molecule has 0 aliphatic heterocycles. The van der Waals surface area contributed by atoms with Crippen LogP contribution in [0.15, 0.2) is 29.8 Å². The SMILES string of the molecule is [Ti+2].c1ccc2c(c1)CC1=C2CCC[CH-]1. The average Bonchev–Trinajstić information content (AvgIpc) is 2.56. The predicted molar refractivity (Wildman–Crippen MR) is 55.2 cm³/mol. The Hall–Kier alpha value is -0.456. The molecule has 0 aromatic heterocycles. The van der Waals surface area contributed by atoms with E-state index in [1.54, 1.807) is 11.1 Å². The van der Waals surface area contributed by atoms with Crippen LogP contribution in [0.5, 0.6) is 0 Å². The number of allylic oxidation sites excluding steroid dienone is 2. The second-order valence-electron chi connectivity index (χ2n) is 3.93. The zero-order valence-corrected chi connectivity index (χ0v) is 9.78. The van der Waals surface area contributed by atoms with E-state index in [0.29, 0.717) is 0 Å². The van der Waals surface area contributed by atoms with Gasteiger partial charge in [0.2, 0.25) is 0 Å². The number of benzene rings is 1. The van der Waals surface area contributed by atoms with Crippen molar-refractivity contribution in [1.29, 1.82) is 0 Å². The van der Waals surface area contributed by atoms with E-state index in [1.165, 1.54) is 36.8 Å². The van der Waals surface area contributed by atoms with Crippen LogP contribution < -0.4 is 0 Å². The van der Waals surface area contributed by atoms with E-state index >= 15 is 0 Å². The molecule has 1 aromatic rings. The fourth-order valence-electron chi connectivity index (χ4n) is 2.50. The van der Waals surface area contributed by atoms with E-state index in [9.17, 15) is 0 Å². The van der Waals surface area contributed by atoms with E-state index in [0.717, 1.165) is 0 Å². The van der Waals surface area contributed by atoms with Gasteiger partial charge in [-0.1, -0.05) is 42.7 Å². The van der Waals surface area contributed by atoms with Gasteiger partial charge in [0.1, 0.15) is 0 Å². The molecule has 2 aliphatic rings. The minimum Gasteiger partial charge on any atom is -0.226 e. The fraction of sp³-hybridized carbons (Fsp3) is 0.308. The van der Waals surface area contributed by atoms with Crippen molar-refractivity contribution in [3.63, 3.8) is 0 Å². The Morgan fingerprint density at radius 2 is 2.00 bits per heavy atom. The van der Waals surface area contributed by atoms with Crippen LogP contribution in [0.2, 0.25) is 0 Å². The van der Waals surface area contributed by atoms with Gasteiger partial charge >= 0.3 is 21.7 Å². The molecular formula is C13H13Ti+. The van der Waals surface area contributed by atoms with Gasteiger partial charge in [-0.3, -0.25) is 0 Å². The first-order valence-electron chi connectivity index (χ1n) is 5.08. The van der Waals surface area contributed by atoms with Gasteiger partial charge in [0.25, 0.3) is 0 Å². The first-order valence-corrected chi connectivity index (χ1v) is 5.08. The maximum absolute atomic E-state index is 2.43. The molecular weight excluding hydrogens is 204 g/mol. The van der Waals surface area contributed by atoms with E-state index in [-0.39, 0.29) is 21.7 Å². The van der Waals surface area contributed by atoms with Gasteiger partial charge in [-0.15, -0.1) is 12.0 Å². The molecule has 0 bridgehead atoms. The maximum Gasteiger partial charge on any atom is 2.00 e. The third kappa shape index (κ3) is 1.47. The van der Waals surface area contributed by atoms with Gasteiger partial charge in [0, 0.05) is 0 Å². The van der Waals surface area contributed by atoms with Gasteiger partial charge in [0.15, 0.2) is 0 Å². The molecule has 14 heavy (non-hydrogen) atoms. The third-order valence-corrected chi connectivity index (χ3v) is 3.13. The number of hydrogen-bond acceptors (Lipinski definition) is 0. The number of hydrogen-bond donors (Lipinski definition) is 0. The molecule has 0 N–H and O–H groups in total. The maximum atomic E-state index is 2.43. The standard InChI is InChI=1S/C13H13.Ti/c1-3-7-12-10(5-1)9-11-6-2-4-8-13(11)12;/h1,3,5-7H,2,4,8-9H2;/q-1;+2. The van der Waals surface area contributed by atoms with Crippen LogP contribution in [0.4, 0.5) is 0 Å². The number of fused-ring (bicyclic) bond motifs is 2. The first kappa shape index (κ1) is 10.1. The average molecular weight is 217 g/mol. The van der Waals surface area contributed by atoms with Crippen molar-refractivity contribution >= 4 is 5.57 Å². The van der Waals surface area contributed by atoms with Gasteiger partial charge in [0.05, 0.1) is 0 Å². The van der Waals surface area contributed by atoms with Crippen LogP contribution in [0.3, 0.4) is 0 Å². The van der Waals surface area contributed by atoms with Crippen molar-refractivity contribution < 1.29 is 21.7 Å². The first-order chi connectivity index (χ1) is 6.45. The summed E-state index contributed by atoms with van der Waals surface area (Å²) in [5, 5.41) is 0. The molecule has 0 saturated heterocycles. The second kappa shape index (κ2) is 3.96. The van der Waals surface area contributed by atoms with E-state index < -0.39 is 0 Å². The molecule has 3 rings (SSSR count). The molecule has 0 heterocycles. The molecule has 0 spiro atoms. The van der Waals surface area contributed by atoms with Gasteiger partial charge in [-0.2, -0.15) is 5.57 Å². The fourth-order valence-corrected chi connectivity index (χ4v) is 2.50. The van der Waals surface area contributed by atoms with Gasteiger partial charge in [-0.25, -0.2) is 12.0 Å². The molecule has 1 aromatic carbocycles. The van der Waals surface area contributed by atoms with Crippen LogP contribution in [0.1, 0.15) is 30.4 Å². The largest absolute Gasteiger partial charge is 2.00 e. The van der Waals surface area contributed by atoms with Gasteiger partial charge in [-0.05, 0) is 6.42 Å². The van der Waals surface area contributed by atoms with Crippen molar-refractivity contribution in [2.75, 3.05) is 0 Å². The monoisotopic (exact) mass is 217 g/mol. The van der Waals surface area contributed by atoms with Crippen LogP contribution in [0.25, 0.3) is 5.57 Å². The van der Waals surface area contributed by atoms with Crippen LogP contribution in [-0.2, 0) is 28.1 Å². The van der Waals surface area contributed by atoms with Crippen LogP contribution in [0, 0.1) is 6.42 Å². The minimum absolute atomic E-state index is 0. The van der Waals surface area contributed by atoms with Crippen molar-refractivity contribution in [2.24, 2.45) is 0 Å². The van der Waals surface area contributed by atoms with Crippen molar-refractivity contribution in [2.45, 2.75) is 25.7 Å². The molecule has 68 valence electrons. The molecule has 0 saturated carbocycles. The minimum atomic E-state index is 0. The topological polar surface area (TPSA) is 0 Å². The summed E-state index contributed by atoms with van der Waals surface area (Å²) in [6.45, 7) is 0. The Labute approximate surface area is 100 Å². The number of rotatable bonds is 0. The summed E-state index contributed by atoms with van der Waals surface area (Å²) in [5.41, 5.74) is 6.29. The van der Waals surface area contributed by atoms with E-state index in [4.69, 9.17) is 0 Å². The molecule has 0 nitrogen and oxygen atoms in total. The zero-order chi connectivity index (χ0) is 8.67. The Morgan fingerprint density at radius 3 is 2.93 bits per heavy atom. The molecule has 0 unspecified atom stereocenters.